The van der Waals surface area contributed by atoms with Crippen LogP contribution in [0.1, 0.15) is 29.9 Å². The van der Waals surface area contributed by atoms with Crippen LogP contribution in [0.25, 0.3) is 0 Å². The van der Waals surface area contributed by atoms with Crippen LogP contribution in [-0.2, 0) is 0 Å². The normalized spacial score (nSPS) is 23.0. The molecule has 0 bridgehead atoms. The fraction of sp³-hybridized carbons (Fsp3) is 0.286. The molecule has 2 atom stereocenters. The van der Waals surface area contributed by atoms with Crippen LogP contribution in [0.2, 0.25) is 0 Å². The predicted molar refractivity (Wildman–Crippen MR) is 115 cm³/mol. The van der Waals surface area contributed by atoms with Crippen LogP contribution in [0.5, 0.6) is 5.75 Å². The summed E-state index contributed by atoms with van der Waals surface area (Å²) in [5, 5.41) is 2.64. The third-order valence-electron chi connectivity index (χ3n) is 4.88. The maximum absolute atomic E-state index is 14.8. The van der Waals surface area contributed by atoms with Crippen molar-refractivity contribution in [3.8, 4) is 5.75 Å². The summed E-state index contributed by atoms with van der Waals surface area (Å²) < 4.78 is 58.1. The van der Waals surface area contributed by atoms with Gasteiger partial charge in [0, 0.05) is 11.3 Å². The molecule has 1 amide bonds. The molecule has 6 nitrogen and oxygen atoms in total. The van der Waals surface area contributed by atoms with Gasteiger partial charge in [0.15, 0.2) is 16.8 Å². The first-order valence-electron chi connectivity index (χ1n) is 9.32. The Hall–Kier alpha value is -3.08. The first-order chi connectivity index (χ1) is 14.9. The van der Waals surface area contributed by atoms with Crippen LogP contribution in [0.3, 0.4) is 0 Å². The van der Waals surface area contributed by atoms with Gasteiger partial charge in [-0.05, 0) is 44.1 Å². The van der Waals surface area contributed by atoms with Crippen molar-refractivity contribution >= 4 is 22.8 Å². The first-order valence-corrected chi connectivity index (χ1v) is 10.2. The molecule has 2 aliphatic rings. The molecule has 0 fully saturated rings. The lowest BCUT2D eigenvalue weighted by molar-refractivity contribution is -0.0501. The molecule has 0 unspecified atom stereocenters. The van der Waals surface area contributed by atoms with Gasteiger partial charge < -0.3 is 15.8 Å². The minimum Gasteiger partial charge on any atom is -0.433 e. The number of rotatable bonds is 7. The van der Waals surface area contributed by atoms with Crippen molar-refractivity contribution in [1.82, 2.24) is 10.3 Å². The number of nitrogens with one attached hydrogen (secondary N) is 1. The lowest BCUT2D eigenvalue weighted by Crippen LogP contribution is -2.32. The number of amidine groups is 1. The van der Waals surface area contributed by atoms with Crippen LogP contribution in [0.4, 0.5) is 17.6 Å². The standard InChI is InChI=1S/C21H20F4N4O2S/c1-9-5-12(31-19(24)25)8-27-17(9)18(30)28-10(2)6-14(22)16(23)11(3)21(4)13-7-15(13)32-20(26)29-21/h5-8,15,19H,3H2,1-2,4H3,(H2,26,29)(H,28,30)/b10-6+,16-14-/t15-,21-/m1/s1. The molecule has 1 aromatic heterocycles. The first kappa shape index (κ1) is 23.6. The van der Waals surface area contributed by atoms with Crippen molar-refractivity contribution in [3.05, 3.63) is 70.7 Å². The topological polar surface area (TPSA) is 89.6 Å². The Bertz CT molecular complexity index is 1110. The second-order valence-electron chi connectivity index (χ2n) is 7.32. The van der Waals surface area contributed by atoms with E-state index in [1.807, 2.05) is 6.08 Å². The Balaban J connectivity index is 1.74. The molecule has 0 saturated carbocycles. The highest BCUT2D eigenvalue weighted by atomic mass is 32.2. The van der Waals surface area contributed by atoms with E-state index in [2.05, 4.69) is 26.6 Å². The average molecular weight is 468 g/mol. The molecular weight excluding hydrogens is 448 g/mol. The zero-order chi connectivity index (χ0) is 23.8. The van der Waals surface area contributed by atoms with E-state index in [1.54, 1.807) is 6.92 Å². The number of carbonyl (C=O) groups is 1. The van der Waals surface area contributed by atoms with Gasteiger partial charge in [-0.15, -0.1) is 0 Å². The van der Waals surface area contributed by atoms with Gasteiger partial charge >= 0.3 is 6.61 Å². The van der Waals surface area contributed by atoms with Gasteiger partial charge in [-0.25, -0.2) is 18.8 Å². The van der Waals surface area contributed by atoms with Crippen molar-refractivity contribution in [2.75, 3.05) is 0 Å². The fourth-order valence-electron chi connectivity index (χ4n) is 3.17. The number of nitrogens with two attached hydrogens (primary N) is 1. The summed E-state index contributed by atoms with van der Waals surface area (Å²) in [7, 11) is 0. The van der Waals surface area contributed by atoms with Gasteiger partial charge in [-0.2, -0.15) is 8.78 Å². The SMILES string of the molecule is C=C(/C(F)=C(F)\C=C(/C)NC(=O)c1ncc(OC(F)F)cc1C)[C@@]1(C)N=C(N)S[C@@H]2C=C21. The Morgan fingerprint density at radius 1 is 1.44 bits per heavy atom. The zero-order valence-electron chi connectivity index (χ0n) is 17.4. The predicted octanol–water partition coefficient (Wildman–Crippen LogP) is 4.46. The number of aliphatic imine (C=N–C) groups is 1. The van der Waals surface area contributed by atoms with Crippen molar-refractivity contribution in [2.45, 2.75) is 38.2 Å². The number of carbonyl (C=O) groups excluding carboxylic acids is 1. The van der Waals surface area contributed by atoms with Crippen molar-refractivity contribution in [3.63, 3.8) is 0 Å². The summed E-state index contributed by atoms with van der Waals surface area (Å²) in [6.07, 6.45) is 3.62. The number of aryl methyl sites for hydroxylation is 1. The van der Waals surface area contributed by atoms with E-state index in [4.69, 9.17) is 5.73 Å². The molecule has 3 rings (SSSR count). The maximum Gasteiger partial charge on any atom is 0.387 e. The van der Waals surface area contributed by atoms with Gasteiger partial charge in [-0.3, -0.25) is 4.79 Å². The molecule has 1 aliphatic carbocycles. The number of thioether (sulfide) groups is 1. The number of aromatic nitrogens is 1. The number of hydrogen-bond donors (Lipinski definition) is 2. The minimum absolute atomic E-state index is 0.00917. The summed E-state index contributed by atoms with van der Waals surface area (Å²) in [5.74, 6) is -3.39. The molecule has 32 heavy (non-hydrogen) atoms. The quantitative estimate of drug-likeness (QED) is 0.350. The number of fused-ring (bicyclic) bond motifs is 1. The van der Waals surface area contributed by atoms with Gasteiger partial charge in [0.05, 0.1) is 11.4 Å². The number of alkyl halides is 2. The largest absolute Gasteiger partial charge is 0.433 e. The third kappa shape index (κ3) is 4.87. The molecule has 0 radical (unpaired) electrons. The lowest BCUT2D eigenvalue weighted by atomic mass is 9.89. The summed E-state index contributed by atoms with van der Waals surface area (Å²) >= 11 is 1.33. The molecule has 0 spiro atoms. The second-order valence-corrected chi connectivity index (χ2v) is 8.48. The second kappa shape index (κ2) is 8.81. The highest BCUT2D eigenvalue weighted by molar-refractivity contribution is 8.14. The van der Waals surface area contributed by atoms with E-state index in [-0.39, 0.29) is 38.7 Å². The Morgan fingerprint density at radius 2 is 2.12 bits per heavy atom. The average Bonchev–Trinajstić information content (AvgIpc) is 3.46. The van der Waals surface area contributed by atoms with Crippen LogP contribution in [0, 0.1) is 6.92 Å². The van der Waals surface area contributed by atoms with Gasteiger partial charge in [0.1, 0.15) is 17.0 Å². The van der Waals surface area contributed by atoms with Crippen LogP contribution in [0.15, 0.2) is 64.5 Å². The van der Waals surface area contributed by atoms with E-state index in [9.17, 15) is 22.4 Å². The number of ether oxygens (including phenoxy) is 1. The molecule has 1 aliphatic heterocycles. The molecule has 0 saturated heterocycles. The Kier molecular flexibility index (Phi) is 6.49. The Morgan fingerprint density at radius 3 is 2.75 bits per heavy atom. The minimum atomic E-state index is -3.03. The molecule has 0 aromatic carbocycles. The zero-order valence-corrected chi connectivity index (χ0v) is 18.2. The van der Waals surface area contributed by atoms with Crippen LogP contribution in [-0.4, -0.2) is 33.5 Å². The summed E-state index contributed by atoms with van der Waals surface area (Å²) in [6.45, 7) is 5.06. The van der Waals surface area contributed by atoms with Crippen molar-refractivity contribution < 1.29 is 27.1 Å². The summed E-state index contributed by atoms with van der Waals surface area (Å²) in [4.78, 5) is 20.4. The van der Waals surface area contributed by atoms with Gasteiger partial charge in [0.2, 0.25) is 0 Å². The fourth-order valence-corrected chi connectivity index (χ4v) is 4.24. The van der Waals surface area contributed by atoms with Gasteiger partial charge in [0.25, 0.3) is 5.91 Å². The van der Waals surface area contributed by atoms with E-state index in [0.717, 1.165) is 17.8 Å². The van der Waals surface area contributed by atoms with E-state index < -0.39 is 29.7 Å². The number of nitrogens with zero attached hydrogens (tertiary/aromatic N) is 2. The molecule has 2 heterocycles. The third-order valence-corrected chi connectivity index (χ3v) is 5.86. The van der Waals surface area contributed by atoms with Crippen LogP contribution >= 0.6 is 11.8 Å². The number of halogens is 4. The number of pyridine rings is 1. The van der Waals surface area contributed by atoms with Gasteiger partial charge in [-0.1, -0.05) is 24.4 Å². The maximum atomic E-state index is 14.8. The number of hydrogen-bond acceptors (Lipinski definition) is 6. The molecule has 11 heteroatoms. The highest BCUT2D eigenvalue weighted by Crippen LogP contribution is 2.51. The van der Waals surface area contributed by atoms with Crippen molar-refractivity contribution in [1.29, 1.82) is 0 Å². The summed E-state index contributed by atoms with van der Waals surface area (Å²) in [6, 6.07) is 1.21. The van der Waals surface area contributed by atoms with E-state index in [0.29, 0.717) is 0 Å². The van der Waals surface area contributed by atoms with Crippen molar-refractivity contribution in [2.24, 2.45) is 10.7 Å². The van der Waals surface area contributed by atoms with E-state index in [1.165, 1.54) is 31.7 Å². The highest BCUT2D eigenvalue weighted by Gasteiger charge is 2.48. The molecule has 3 N–H and O–H groups in total. The molecule has 170 valence electrons. The molecular formula is C21H20F4N4O2S. The molecule has 1 aromatic rings. The number of amides is 1. The van der Waals surface area contributed by atoms with Crippen LogP contribution < -0.4 is 15.8 Å². The number of allylic oxidation sites excluding steroid dienone is 3. The smallest absolute Gasteiger partial charge is 0.387 e. The Labute approximate surface area is 186 Å². The summed E-state index contributed by atoms with van der Waals surface area (Å²) in [5.41, 5.74) is 5.38. The van der Waals surface area contributed by atoms with E-state index >= 15 is 0 Å². The lowest BCUT2D eigenvalue weighted by Gasteiger charge is -2.29. The monoisotopic (exact) mass is 468 g/mol.